The highest BCUT2D eigenvalue weighted by molar-refractivity contribution is 9.10. The normalized spacial score (nSPS) is 9.90. The van der Waals surface area contributed by atoms with E-state index < -0.39 is 0 Å². The topological polar surface area (TPSA) is 78.9 Å². The molecule has 106 valence electrons. The fraction of sp³-hybridized carbons (Fsp3) is 0.125. The molecule has 0 unspecified atom stereocenters. The van der Waals surface area contributed by atoms with Crippen LogP contribution in [0.1, 0.15) is 17.5 Å². The van der Waals surface area contributed by atoms with Crippen LogP contribution < -0.4 is 11.1 Å². The molecule has 2 rings (SSSR count). The lowest BCUT2D eigenvalue weighted by atomic mass is 10.1. The van der Waals surface area contributed by atoms with Crippen molar-refractivity contribution in [1.82, 2.24) is 0 Å². The predicted octanol–water partition coefficient (Wildman–Crippen LogP) is 3.47. The summed E-state index contributed by atoms with van der Waals surface area (Å²) in [6.07, 6.45) is 0.875. The van der Waals surface area contributed by atoms with Crippen molar-refractivity contribution in [3.8, 4) is 6.07 Å². The van der Waals surface area contributed by atoms with Crippen molar-refractivity contribution in [3.05, 3.63) is 58.1 Å². The summed E-state index contributed by atoms with van der Waals surface area (Å²) in [5.74, 6) is -0.146. The summed E-state index contributed by atoms with van der Waals surface area (Å²) in [6, 6.07) is 14.7. The number of nitriles is 1. The molecule has 0 aromatic heterocycles. The smallest absolute Gasteiger partial charge is 0.224 e. The first-order chi connectivity index (χ1) is 10.1. The average Bonchev–Trinajstić information content (AvgIpc) is 2.47. The number of nitrogens with two attached hydrogens (primary N) is 1. The number of nitrogens with zero attached hydrogens (tertiary/aromatic N) is 1. The molecule has 0 saturated heterocycles. The van der Waals surface area contributed by atoms with Crippen LogP contribution in [0, 0.1) is 11.3 Å². The molecule has 0 radical (unpaired) electrons. The molecule has 0 saturated carbocycles. The Morgan fingerprint density at radius 1 is 1.29 bits per heavy atom. The number of para-hydroxylation sites is 1. The second kappa shape index (κ2) is 6.91. The number of hydrogen-bond donors (Lipinski definition) is 2. The van der Waals surface area contributed by atoms with Crippen LogP contribution in [-0.2, 0) is 11.2 Å². The molecular formula is C16H14BrN3O. The van der Waals surface area contributed by atoms with Gasteiger partial charge in [0.15, 0.2) is 0 Å². The van der Waals surface area contributed by atoms with E-state index in [2.05, 4.69) is 27.3 Å². The van der Waals surface area contributed by atoms with E-state index in [1.165, 1.54) is 0 Å². The van der Waals surface area contributed by atoms with Gasteiger partial charge in [-0.2, -0.15) is 5.26 Å². The third kappa shape index (κ3) is 4.07. The number of amides is 1. The molecule has 2 aromatic carbocycles. The van der Waals surface area contributed by atoms with Crippen molar-refractivity contribution in [2.24, 2.45) is 0 Å². The average molecular weight is 344 g/mol. The Balaban J connectivity index is 2.01. The van der Waals surface area contributed by atoms with Gasteiger partial charge in [0, 0.05) is 16.6 Å². The highest BCUT2D eigenvalue weighted by Gasteiger charge is 2.08. The largest absolute Gasteiger partial charge is 0.399 e. The van der Waals surface area contributed by atoms with Gasteiger partial charge in [-0.1, -0.05) is 34.1 Å². The summed E-state index contributed by atoms with van der Waals surface area (Å²) in [6.45, 7) is 0. The summed E-state index contributed by atoms with van der Waals surface area (Å²) < 4.78 is 0.809. The van der Waals surface area contributed by atoms with Gasteiger partial charge in [0.25, 0.3) is 0 Å². The molecule has 4 nitrogen and oxygen atoms in total. The van der Waals surface area contributed by atoms with Gasteiger partial charge in [0.05, 0.1) is 11.3 Å². The number of nitrogens with one attached hydrogen (secondary N) is 1. The van der Waals surface area contributed by atoms with Gasteiger partial charge in [-0.05, 0) is 36.2 Å². The summed E-state index contributed by atoms with van der Waals surface area (Å²) in [4.78, 5) is 12.0. The summed E-state index contributed by atoms with van der Waals surface area (Å²) >= 11 is 3.32. The monoisotopic (exact) mass is 343 g/mol. The maximum atomic E-state index is 12.0. The minimum Gasteiger partial charge on any atom is -0.399 e. The van der Waals surface area contributed by atoms with Crippen LogP contribution in [0.4, 0.5) is 11.4 Å². The van der Waals surface area contributed by atoms with E-state index in [1.807, 2.05) is 24.3 Å². The third-order valence-electron chi connectivity index (χ3n) is 3.05. The van der Waals surface area contributed by atoms with E-state index in [1.54, 1.807) is 18.2 Å². The van der Waals surface area contributed by atoms with Crippen LogP contribution >= 0.6 is 15.9 Å². The van der Waals surface area contributed by atoms with Crippen LogP contribution in [-0.4, -0.2) is 5.91 Å². The van der Waals surface area contributed by atoms with Crippen molar-refractivity contribution < 1.29 is 4.79 Å². The van der Waals surface area contributed by atoms with Crippen molar-refractivity contribution >= 4 is 33.2 Å². The molecule has 2 aromatic rings. The molecule has 3 N–H and O–H groups in total. The van der Waals surface area contributed by atoms with Crippen molar-refractivity contribution in [1.29, 1.82) is 5.26 Å². The Morgan fingerprint density at radius 3 is 2.76 bits per heavy atom. The zero-order valence-electron chi connectivity index (χ0n) is 11.3. The molecule has 5 heteroatoms. The summed E-state index contributed by atoms with van der Waals surface area (Å²) in [5.41, 5.74) is 8.42. The van der Waals surface area contributed by atoms with Crippen LogP contribution in [0.3, 0.4) is 0 Å². The standard InChI is InChI=1S/C16H14BrN3O/c17-13-7-5-12(10-18)15(9-13)20-16(21)8-6-11-3-1-2-4-14(11)19/h1-5,7,9H,6,8,19H2,(H,20,21). The van der Waals surface area contributed by atoms with E-state index in [-0.39, 0.29) is 5.91 Å². The Labute approximate surface area is 131 Å². The minimum atomic E-state index is -0.146. The van der Waals surface area contributed by atoms with Crippen LogP contribution in [0.2, 0.25) is 0 Å². The maximum Gasteiger partial charge on any atom is 0.224 e. The Kier molecular flexibility index (Phi) is 4.96. The SMILES string of the molecule is N#Cc1ccc(Br)cc1NC(=O)CCc1ccccc1N. The molecule has 0 spiro atoms. The van der Waals surface area contributed by atoms with Crippen molar-refractivity contribution in [2.45, 2.75) is 12.8 Å². The minimum absolute atomic E-state index is 0.146. The van der Waals surface area contributed by atoms with Crippen molar-refractivity contribution in [3.63, 3.8) is 0 Å². The molecule has 0 atom stereocenters. The van der Waals surface area contributed by atoms with Gasteiger partial charge < -0.3 is 11.1 Å². The predicted molar refractivity (Wildman–Crippen MR) is 86.7 cm³/mol. The Morgan fingerprint density at radius 2 is 2.05 bits per heavy atom. The van der Waals surface area contributed by atoms with E-state index in [9.17, 15) is 4.79 Å². The second-order valence-electron chi connectivity index (χ2n) is 4.55. The number of hydrogen-bond acceptors (Lipinski definition) is 3. The molecule has 0 aliphatic rings. The zero-order chi connectivity index (χ0) is 15.2. The summed E-state index contributed by atoms with van der Waals surface area (Å²) in [5, 5.41) is 11.8. The van der Waals surface area contributed by atoms with Gasteiger partial charge in [0.1, 0.15) is 6.07 Å². The van der Waals surface area contributed by atoms with Gasteiger partial charge in [-0.15, -0.1) is 0 Å². The molecule has 1 amide bonds. The first kappa shape index (κ1) is 15.1. The van der Waals surface area contributed by atoms with E-state index in [0.29, 0.717) is 29.8 Å². The molecular weight excluding hydrogens is 330 g/mol. The lowest BCUT2D eigenvalue weighted by Crippen LogP contribution is -2.13. The van der Waals surface area contributed by atoms with Gasteiger partial charge in [-0.3, -0.25) is 4.79 Å². The van der Waals surface area contributed by atoms with Crippen LogP contribution in [0.25, 0.3) is 0 Å². The number of rotatable bonds is 4. The van der Waals surface area contributed by atoms with E-state index >= 15 is 0 Å². The number of benzene rings is 2. The number of carbonyl (C=O) groups is 1. The number of aryl methyl sites for hydroxylation is 1. The number of anilines is 2. The van der Waals surface area contributed by atoms with E-state index in [4.69, 9.17) is 11.0 Å². The Hall–Kier alpha value is -2.32. The molecule has 0 aliphatic heterocycles. The first-order valence-electron chi connectivity index (χ1n) is 6.43. The van der Waals surface area contributed by atoms with Gasteiger partial charge >= 0.3 is 0 Å². The van der Waals surface area contributed by atoms with Crippen molar-refractivity contribution in [2.75, 3.05) is 11.1 Å². The van der Waals surface area contributed by atoms with Crippen LogP contribution in [0.15, 0.2) is 46.9 Å². The van der Waals surface area contributed by atoms with Gasteiger partial charge in [0.2, 0.25) is 5.91 Å². The number of halogens is 1. The number of carbonyl (C=O) groups excluding carboxylic acids is 1. The maximum absolute atomic E-state index is 12.0. The molecule has 0 heterocycles. The van der Waals surface area contributed by atoms with Gasteiger partial charge in [-0.25, -0.2) is 0 Å². The molecule has 0 aliphatic carbocycles. The Bertz CT molecular complexity index is 707. The second-order valence-corrected chi connectivity index (χ2v) is 5.46. The lowest BCUT2D eigenvalue weighted by molar-refractivity contribution is -0.116. The highest BCUT2D eigenvalue weighted by Crippen LogP contribution is 2.21. The number of nitrogen functional groups attached to an aromatic ring is 1. The molecule has 21 heavy (non-hydrogen) atoms. The van der Waals surface area contributed by atoms with Crippen LogP contribution in [0.5, 0.6) is 0 Å². The third-order valence-corrected chi connectivity index (χ3v) is 3.55. The lowest BCUT2D eigenvalue weighted by Gasteiger charge is -2.08. The fourth-order valence-electron chi connectivity index (χ4n) is 1.94. The zero-order valence-corrected chi connectivity index (χ0v) is 12.9. The summed E-state index contributed by atoms with van der Waals surface area (Å²) in [7, 11) is 0. The quantitative estimate of drug-likeness (QED) is 0.834. The van der Waals surface area contributed by atoms with E-state index in [0.717, 1.165) is 10.0 Å². The first-order valence-corrected chi connectivity index (χ1v) is 7.22. The highest BCUT2D eigenvalue weighted by atomic mass is 79.9. The molecule has 0 fully saturated rings. The fourth-order valence-corrected chi connectivity index (χ4v) is 2.30. The molecule has 0 bridgehead atoms.